The fourth-order valence-electron chi connectivity index (χ4n) is 5.52. The molecule has 5 nitrogen and oxygen atoms in total. The van der Waals surface area contributed by atoms with Gasteiger partial charge in [0.25, 0.3) is 0 Å². The van der Waals surface area contributed by atoms with Gasteiger partial charge in [-0.05, 0) is 48.8 Å². The number of nitrogens with zero attached hydrogens (tertiary/aromatic N) is 2. The number of rotatable bonds is 9. The van der Waals surface area contributed by atoms with Gasteiger partial charge < -0.3 is 9.52 Å². The summed E-state index contributed by atoms with van der Waals surface area (Å²) in [6.07, 6.45) is 11.9. The van der Waals surface area contributed by atoms with Crippen LogP contribution in [0.3, 0.4) is 0 Å². The molecule has 0 unspecified atom stereocenters. The van der Waals surface area contributed by atoms with Crippen molar-refractivity contribution >= 4 is 27.5 Å². The number of aliphatic hydroxyl groups excluding tert-OH is 1. The van der Waals surface area contributed by atoms with Crippen molar-refractivity contribution in [1.29, 1.82) is 0 Å². The van der Waals surface area contributed by atoms with Gasteiger partial charge in [0.1, 0.15) is 5.76 Å². The average molecular weight is 810 g/mol. The first kappa shape index (κ1) is 37.9. The molecule has 0 fully saturated rings. The number of hydrogen-bond acceptors (Lipinski definition) is 5. The van der Waals surface area contributed by atoms with E-state index in [1.165, 1.54) is 17.0 Å². The Hall–Kier alpha value is -3.60. The standard InChI is InChI=1S/C26H21N2O.C15H28O2.Ir/c1-26(2,3)23-13-19(12-17-6-4-5-7-20(17)23)24-14-18(8-11-28-24)22-16-29-25-15-27-10-9-21(22)25;1-7-14(5,8-2)12(16)11-13(17)15(6,9-3)10-4;/h4-11,13-16H,1-3H3;11,16H,7-10H2,1-6H3;/q-1;;/b;12-11-;. The van der Waals surface area contributed by atoms with Crippen LogP contribution in [0.15, 0.2) is 89.6 Å². The molecule has 47 heavy (non-hydrogen) atoms. The van der Waals surface area contributed by atoms with Crippen molar-refractivity contribution < 1.29 is 34.4 Å². The molecule has 3 aromatic heterocycles. The van der Waals surface area contributed by atoms with Gasteiger partial charge in [-0.3, -0.25) is 14.8 Å². The maximum atomic E-state index is 12.2. The molecule has 5 aromatic rings. The van der Waals surface area contributed by atoms with Crippen molar-refractivity contribution in [3.8, 4) is 22.4 Å². The first-order valence-corrected chi connectivity index (χ1v) is 16.5. The van der Waals surface area contributed by atoms with E-state index >= 15 is 0 Å². The van der Waals surface area contributed by atoms with Crippen LogP contribution in [-0.2, 0) is 30.3 Å². The molecule has 0 bridgehead atoms. The number of pyridine rings is 2. The minimum atomic E-state index is -0.337. The Labute approximate surface area is 294 Å². The van der Waals surface area contributed by atoms with E-state index in [1.54, 1.807) is 18.7 Å². The zero-order valence-corrected chi connectivity index (χ0v) is 31.7. The summed E-state index contributed by atoms with van der Waals surface area (Å²) in [5.74, 6) is 0.286. The van der Waals surface area contributed by atoms with Crippen LogP contribution in [0.2, 0.25) is 0 Å². The topological polar surface area (TPSA) is 76.2 Å². The van der Waals surface area contributed by atoms with Gasteiger partial charge in [0.05, 0.1) is 12.5 Å². The van der Waals surface area contributed by atoms with Crippen LogP contribution in [0, 0.1) is 16.9 Å². The number of fused-ring (bicyclic) bond motifs is 2. The van der Waals surface area contributed by atoms with Gasteiger partial charge in [-0.15, -0.1) is 29.1 Å². The molecule has 0 saturated heterocycles. The van der Waals surface area contributed by atoms with E-state index < -0.39 is 0 Å². The Bertz CT molecular complexity index is 1840. The quantitative estimate of drug-likeness (QED) is 0.0912. The summed E-state index contributed by atoms with van der Waals surface area (Å²) in [7, 11) is 0. The second kappa shape index (κ2) is 15.5. The second-order valence-corrected chi connectivity index (χ2v) is 13.8. The molecule has 6 heteroatoms. The number of benzene rings is 2. The Morgan fingerprint density at radius 2 is 1.53 bits per heavy atom. The molecule has 0 aliphatic carbocycles. The largest absolute Gasteiger partial charge is 0.512 e. The molecule has 0 aliphatic rings. The van der Waals surface area contributed by atoms with E-state index in [-0.39, 0.29) is 47.9 Å². The molecule has 3 heterocycles. The van der Waals surface area contributed by atoms with Crippen LogP contribution in [-0.4, -0.2) is 20.9 Å². The number of furan rings is 1. The molecule has 0 spiro atoms. The molecule has 0 aliphatic heterocycles. The van der Waals surface area contributed by atoms with Crippen molar-refractivity contribution in [2.24, 2.45) is 10.8 Å². The van der Waals surface area contributed by atoms with Crippen LogP contribution >= 0.6 is 0 Å². The Balaban J connectivity index is 0.000000290. The monoisotopic (exact) mass is 810 g/mol. The summed E-state index contributed by atoms with van der Waals surface area (Å²) < 4.78 is 5.68. The normalized spacial score (nSPS) is 12.4. The molecule has 2 aromatic carbocycles. The van der Waals surface area contributed by atoms with Crippen LogP contribution in [0.25, 0.3) is 44.1 Å². The third-order valence-electron chi connectivity index (χ3n) is 9.91. The average Bonchev–Trinajstić information content (AvgIpc) is 3.51. The van der Waals surface area contributed by atoms with E-state index in [1.807, 2.05) is 59.9 Å². The summed E-state index contributed by atoms with van der Waals surface area (Å²) in [5, 5.41) is 13.5. The van der Waals surface area contributed by atoms with Gasteiger partial charge >= 0.3 is 0 Å². The summed E-state index contributed by atoms with van der Waals surface area (Å²) in [5.41, 5.74) is 5.53. The maximum Gasteiger partial charge on any atom is 0.164 e. The van der Waals surface area contributed by atoms with Gasteiger partial charge in [-0.25, -0.2) is 0 Å². The Morgan fingerprint density at radius 3 is 2.17 bits per heavy atom. The molecule has 0 amide bonds. The first-order valence-electron chi connectivity index (χ1n) is 16.5. The number of carbonyl (C=O) groups excluding carboxylic acids is 1. The van der Waals surface area contributed by atoms with Gasteiger partial charge in [0.2, 0.25) is 0 Å². The summed E-state index contributed by atoms with van der Waals surface area (Å²) in [4.78, 5) is 21.0. The first-order chi connectivity index (χ1) is 21.8. The fourth-order valence-corrected chi connectivity index (χ4v) is 5.52. The van der Waals surface area contributed by atoms with Crippen molar-refractivity contribution in [3.63, 3.8) is 0 Å². The predicted molar refractivity (Wildman–Crippen MR) is 191 cm³/mol. The predicted octanol–water partition coefficient (Wildman–Crippen LogP) is 11.5. The van der Waals surface area contributed by atoms with E-state index in [2.05, 4.69) is 73.2 Å². The molecule has 5 rings (SSSR count). The smallest absolute Gasteiger partial charge is 0.164 e. The molecular formula is C41H49IrN2O3-. The number of allylic oxidation sites excluding steroid dienone is 2. The van der Waals surface area contributed by atoms with Gasteiger partial charge in [-0.1, -0.05) is 97.5 Å². The minimum Gasteiger partial charge on any atom is -0.512 e. The number of carbonyl (C=O) groups is 1. The Kier molecular flexibility index (Phi) is 12.5. The SMILES string of the molecule is CC(C)(C)c1cc(-c2cc(-c3coc4cnccc34)ccn2)[c-]c2ccccc12.CCC(C)(CC)C(=O)/C=C(\O)C(C)(CC)CC.[Ir]. The zero-order chi connectivity index (χ0) is 33.7. The van der Waals surface area contributed by atoms with Gasteiger partial charge in [0, 0.05) is 66.0 Å². The van der Waals surface area contributed by atoms with Crippen LogP contribution in [0.4, 0.5) is 0 Å². The van der Waals surface area contributed by atoms with Crippen molar-refractivity contribution in [1.82, 2.24) is 9.97 Å². The van der Waals surface area contributed by atoms with Gasteiger partial charge in [0.15, 0.2) is 11.4 Å². The second-order valence-electron chi connectivity index (χ2n) is 13.8. The molecule has 1 radical (unpaired) electrons. The number of aliphatic hydroxyl groups is 1. The molecule has 1 N–H and O–H groups in total. The van der Waals surface area contributed by atoms with E-state index in [9.17, 15) is 9.90 Å². The summed E-state index contributed by atoms with van der Waals surface area (Å²) >= 11 is 0. The number of aromatic nitrogens is 2. The van der Waals surface area contributed by atoms with Crippen molar-refractivity contribution in [2.45, 2.75) is 93.4 Å². The van der Waals surface area contributed by atoms with Crippen LogP contribution in [0.1, 0.15) is 93.6 Å². The Morgan fingerprint density at radius 1 is 0.872 bits per heavy atom. The van der Waals surface area contributed by atoms with E-state index in [0.29, 0.717) is 0 Å². The van der Waals surface area contributed by atoms with E-state index in [4.69, 9.17) is 4.42 Å². The number of hydrogen-bond donors (Lipinski definition) is 1. The minimum absolute atomic E-state index is 0. The van der Waals surface area contributed by atoms with Crippen LogP contribution < -0.4 is 0 Å². The maximum absolute atomic E-state index is 12.2. The van der Waals surface area contributed by atoms with E-state index in [0.717, 1.165) is 64.4 Å². The summed E-state index contributed by atoms with van der Waals surface area (Å²) in [6, 6.07) is 20.3. The van der Waals surface area contributed by atoms with Crippen molar-refractivity contribution in [2.75, 3.05) is 0 Å². The molecule has 251 valence electrons. The summed E-state index contributed by atoms with van der Waals surface area (Å²) in [6.45, 7) is 18.8. The van der Waals surface area contributed by atoms with Crippen LogP contribution in [0.5, 0.6) is 0 Å². The fraction of sp³-hybridized carbons (Fsp3) is 0.390. The third-order valence-corrected chi connectivity index (χ3v) is 9.91. The zero-order valence-electron chi connectivity index (χ0n) is 29.3. The molecule has 0 atom stereocenters. The number of ketones is 1. The molecular weight excluding hydrogens is 761 g/mol. The van der Waals surface area contributed by atoms with Crippen molar-refractivity contribution in [3.05, 3.63) is 96.8 Å². The molecule has 0 saturated carbocycles. The third kappa shape index (κ3) is 8.28. The van der Waals surface area contributed by atoms with Gasteiger partial charge in [-0.2, -0.15) is 0 Å².